The van der Waals surface area contributed by atoms with E-state index in [1.807, 2.05) is 54.0 Å². The first kappa shape index (κ1) is 24.0. The zero-order chi connectivity index (χ0) is 22.9. The molecule has 3 aromatic rings. The number of anilines is 1. The molecule has 7 nitrogen and oxygen atoms in total. The van der Waals surface area contributed by atoms with Gasteiger partial charge in [0.1, 0.15) is 0 Å². The third kappa shape index (κ3) is 6.94. The third-order valence-corrected chi connectivity index (χ3v) is 6.15. The molecular weight excluding hydrogens is 514 g/mol. The van der Waals surface area contributed by atoms with Gasteiger partial charge in [-0.05, 0) is 48.9 Å². The zero-order valence-electron chi connectivity index (χ0n) is 17.2. The Morgan fingerprint density at radius 3 is 2.62 bits per heavy atom. The van der Waals surface area contributed by atoms with Gasteiger partial charge in [-0.1, -0.05) is 57.5 Å². The minimum absolute atomic E-state index is 0.137. The van der Waals surface area contributed by atoms with Crippen LogP contribution < -0.4 is 10.6 Å². The fraction of sp³-hybridized carbons (Fsp3) is 0.182. The van der Waals surface area contributed by atoms with Gasteiger partial charge in [0.05, 0.1) is 12.3 Å². The predicted molar refractivity (Wildman–Crippen MR) is 132 cm³/mol. The number of hydrogen-bond donors (Lipinski definition) is 2. The molecule has 0 fully saturated rings. The van der Waals surface area contributed by atoms with Crippen LogP contribution in [0.15, 0.2) is 64.2 Å². The molecule has 166 valence electrons. The summed E-state index contributed by atoms with van der Waals surface area (Å²) >= 11 is 10.7. The number of carbonyl (C=O) groups is 2. The number of benzene rings is 2. The summed E-state index contributed by atoms with van der Waals surface area (Å²) in [5.41, 5.74) is 1.49. The van der Waals surface area contributed by atoms with Gasteiger partial charge < -0.3 is 15.2 Å². The van der Waals surface area contributed by atoms with Crippen LogP contribution in [0.25, 0.3) is 6.08 Å². The molecule has 2 aromatic carbocycles. The number of halogens is 2. The molecule has 32 heavy (non-hydrogen) atoms. The topological polar surface area (TPSA) is 88.9 Å². The molecule has 2 N–H and O–H groups in total. The summed E-state index contributed by atoms with van der Waals surface area (Å²) in [6.07, 6.45) is 3.09. The molecule has 0 radical (unpaired) electrons. The fourth-order valence-corrected chi connectivity index (χ4v) is 4.02. The van der Waals surface area contributed by atoms with Gasteiger partial charge in [-0.15, -0.1) is 10.2 Å². The molecule has 0 spiro atoms. The van der Waals surface area contributed by atoms with Crippen LogP contribution in [0.2, 0.25) is 5.02 Å². The highest BCUT2D eigenvalue weighted by Gasteiger charge is 2.14. The molecule has 1 heterocycles. The van der Waals surface area contributed by atoms with Crippen molar-refractivity contribution in [2.45, 2.75) is 25.2 Å². The Balaban J connectivity index is 1.52. The van der Waals surface area contributed by atoms with Crippen molar-refractivity contribution in [2.75, 3.05) is 11.1 Å². The molecule has 1 aromatic heterocycles. The number of thioether (sulfide) groups is 1. The van der Waals surface area contributed by atoms with E-state index in [0.717, 1.165) is 15.7 Å². The van der Waals surface area contributed by atoms with Crippen molar-refractivity contribution in [3.63, 3.8) is 0 Å². The first-order valence-corrected chi connectivity index (χ1v) is 11.9. The maximum absolute atomic E-state index is 12.2. The second-order valence-electron chi connectivity index (χ2n) is 6.56. The van der Waals surface area contributed by atoms with Gasteiger partial charge in [-0.25, -0.2) is 0 Å². The standard InChI is InChI=1S/C22H21BrClN5O2S/c1-2-29-19(13-25-20(30)12-7-15-5-3-4-6-18(15)24)27-28-22(29)32-14-21(31)26-17-10-8-16(23)9-11-17/h3-12H,2,13-14H2,1H3,(H,25,30)(H,26,31)/b12-7+. The normalized spacial score (nSPS) is 11.0. The van der Waals surface area contributed by atoms with E-state index >= 15 is 0 Å². The van der Waals surface area contributed by atoms with Crippen LogP contribution in [0.1, 0.15) is 18.3 Å². The lowest BCUT2D eigenvalue weighted by Gasteiger charge is -2.08. The van der Waals surface area contributed by atoms with Gasteiger partial charge in [0.25, 0.3) is 0 Å². The van der Waals surface area contributed by atoms with E-state index in [0.29, 0.717) is 22.5 Å². The minimum atomic E-state index is -0.265. The van der Waals surface area contributed by atoms with Crippen LogP contribution in [0, 0.1) is 0 Å². The Labute approximate surface area is 203 Å². The average molecular weight is 535 g/mol. The number of nitrogens with zero attached hydrogens (tertiary/aromatic N) is 3. The first-order valence-electron chi connectivity index (χ1n) is 9.77. The van der Waals surface area contributed by atoms with Crippen molar-refractivity contribution in [2.24, 2.45) is 0 Å². The predicted octanol–water partition coefficient (Wildman–Crippen LogP) is 4.77. The van der Waals surface area contributed by atoms with Crippen molar-refractivity contribution in [3.8, 4) is 0 Å². The number of amides is 2. The summed E-state index contributed by atoms with van der Waals surface area (Å²) in [5.74, 6) is 0.408. The summed E-state index contributed by atoms with van der Waals surface area (Å²) < 4.78 is 2.82. The van der Waals surface area contributed by atoms with Crippen LogP contribution in [0.4, 0.5) is 5.69 Å². The number of rotatable bonds is 9. The van der Waals surface area contributed by atoms with Gasteiger partial charge in [0.15, 0.2) is 11.0 Å². The Morgan fingerprint density at radius 1 is 1.16 bits per heavy atom. The Bertz CT molecular complexity index is 1120. The number of carbonyl (C=O) groups excluding carboxylic acids is 2. The number of aromatic nitrogens is 3. The van der Waals surface area contributed by atoms with Crippen LogP contribution >= 0.6 is 39.3 Å². The van der Waals surface area contributed by atoms with E-state index in [9.17, 15) is 9.59 Å². The highest BCUT2D eigenvalue weighted by atomic mass is 79.9. The van der Waals surface area contributed by atoms with Gasteiger partial charge in [0, 0.05) is 27.8 Å². The van der Waals surface area contributed by atoms with E-state index in [1.165, 1.54) is 17.8 Å². The summed E-state index contributed by atoms with van der Waals surface area (Å²) in [4.78, 5) is 24.4. The highest BCUT2D eigenvalue weighted by Crippen LogP contribution is 2.19. The fourth-order valence-electron chi connectivity index (χ4n) is 2.74. The summed E-state index contributed by atoms with van der Waals surface area (Å²) in [6, 6.07) is 14.6. The van der Waals surface area contributed by atoms with E-state index in [1.54, 1.807) is 12.1 Å². The van der Waals surface area contributed by atoms with E-state index in [4.69, 9.17) is 11.6 Å². The van der Waals surface area contributed by atoms with Gasteiger partial charge in [-0.2, -0.15) is 0 Å². The Morgan fingerprint density at radius 2 is 1.91 bits per heavy atom. The van der Waals surface area contributed by atoms with Crippen LogP contribution in [-0.2, 0) is 22.7 Å². The molecule has 10 heteroatoms. The molecule has 0 aliphatic heterocycles. The molecule has 0 aliphatic rings. The smallest absolute Gasteiger partial charge is 0.244 e. The zero-order valence-corrected chi connectivity index (χ0v) is 20.4. The first-order chi connectivity index (χ1) is 15.5. The molecule has 0 bridgehead atoms. The highest BCUT2D eigenvalue weighted by molar-refractivity contribution is 9.10. The van der Waals surface area contributed by atoms with Crippen LogP contribution in [-0.4, -0.2) is 32.3 Å². The third-order valence-electron chi connectivity index (χ3n) is 4.31. The Kier molecular flexibility index (Phi) is 8.90. The quantitative estimate of drug-likeness (QED) is 0.305. The molecule has 3 rings (SSSR count). The van der Waals surface area contributed by atoms with Crippen molar-refractivity contribution >= 4 is 62.9 Å². The second kappa shape index (κ2) is 11.8. The van der Waals surface area contributed by atoms with E-state index in [-0.39, 0.29) is 24.1 Å². The van der Waals surface area contributed by atoms with E-state index in [2.05, 4.69) is 36.8 Å². The Hall–Kier alpha value is -2.62. The maximum atomic E-state index is 12.2. The largest absolute Gasteiger partial charge is 0.345 e. The van der Waals surface area contributed by atoms with Crippen LogP contribution in [0.3, 0.4) is 0 Å². The molecule has 0 saturated carbocycles. The monoisotopic (exact) mass is 533 g/mol. The number of hydrogen-bond acceptors (Lipinski definition) is 5. The summed E-state index contributed by atoms with van der Waals surface area (Å²) in [7, 11) is 0. The van der Waals surface area contributed by atoms with Crippen molar-refractivity contribution < 1.29 is 9.59 Å². The SMILES string of the molecule is CCn1c(CNC(=O)/C=C/c2ccccc2Cl)nnc1SCC(=O)Nc1ccc(Br)cc1. The lowest BCUT2D eigenvalue weighted by atomic mass is 10.2. The van der Waals surface area contributed by atoms with Crippen LogP contribution in [0.5, 0.6) is 0 Å². The van der Waals surface area contributed by atoms with Crippen molar-refractivity contribution in [1.82, 2.24) is 20.1 Å². The molecule has 0 unspecified atom stereocenters. The average Bonchev–Trinajstić information content (AvgIpc) is 3.19. The number of nitrogens with one attached hydrogen (secondary N) is 2. The van der Waals surface area contributed by atoms with Gasteiger partial charge in [0.2, 0.25) is 11.8 Å². The van der Waals surface area contributed by atoms with Gasteiger partial charge in [-0.3, -0.25) is 9.59 Å². The molecule has 2 amide bonds. The van der Waals surface area contributed by atoms with Crippen molar-refractivity contribution in [1.29, 1.82) is 0 Å². The lowest BCUT2D eigenvalue weighted by Crippen LogP contribution is -2.22. The summed E-state index contributed by atoms with van der Waals surface area (Å²) in [5, 5.41) is 15.2. The minimum Gasteiger partial charge on any atom is -0.345 e. The summed E-state index contributed by atoms with van der Waals surface area (Å²) in [6.45, 7) is 2.79. The second-order valence-corrected chi connectivity index (χ2v) is 8.82. The lowest BCUT2D eigenvalue weighted by molar-refractivity contribution is -0.116. The molecular formula is C22H21BrClN5O2S. The van der Waals surface area contributed by atoms with E-state index < -0.39 is 0 Å². The molecule has 0 saturated heterocycles. The maximum Gasteiger partial charge on any atom is 0.244 e. The van der Waals surface area contributed by atoms with Crippen molar-refractivity contribution in [3.05, 3.63) is 75.5 Å². The molecule has 0 atom stereocenters. The van der Waals surface area contributed by atoms with Gasteiger partial charge >= 0.3 is 0 Å². The molecule has 0 aliphatic carbocycles.